The lowest BCUT2D eigenvalue weighted by molar-refractivity contribution is 0.386. The molecule has 98 valence electrons. The quantitative estimate of drug-likeness (QED) is 0.429. The number of fused-ring (bicyclic) bond motifs is 1. The van der Waals surface area contributed by atoms with Gasteiger partial charge in [-0.2, -0.15) is 13.5 Å². The maximum atomic E-state index is 10.7. The molecule has 18 heavy (non-hydrogen) atoms. The van der Waals surface area contributed by atoms with Crippen LogP contribution in [0.4, 0.5) is 0 Å². The van der Waals surface area contributed by atoms with Gasteiger partial charge in [-0.15, -0.1) is 0 Å². The highest BCUT2D eigenvalue weighted by molar-refractivity contribution is 7.81. The average Bonchev–Trinajstić information content (AvgIpc) is 2.67. The van der Waals surface area contributed by atoms with Crippen LogP contribution in [0.5, 0.6) is 5.75 Å². The molecule has 0 aliphatic heterocycles. The van der Waals surface area contributed by atoms with Crippen LogP contribution >= 0.6 is 11.3 Å². The maximum Gasteiger partial charge on any atom is 0.446 e. The molecule has 9 heteroatoms. The zero-order valence-corrected chi connectivity index (χ0v) is 11.2. The Morgan fingerprint density at radius 3 is 2.67 bits per heavy atom. The van der Waals surface area contributed by atoms with Crippen molar-refractivity contribution in [2.45, 2.75) is 13.8 Å². The molecule has 4 N–H and O–H groups in total. The Morgan fingerprint density at radius 1 is 1.44 bits per heavy atom. The molecule has 7 nitrogen and oxygen atoms in total. The van der Waals surface area contributed by atoms with Gasteiger partial charge in [0.05, 0.1) is 10.2 Å². The van der Waals surface area contributed by atoms with Crippen LogP contribution in [0.1, 0.15) is 11.1 Å². The number of nitrogens with zero attached hydrogens (tertiary/aromatic N) is 1. The van der Waals surface area contributed by atoms with Gasteiger partial charge in [-0.3, -0.25) is 4.55 Å². The van der Waals surface area contributed by atoms with E-state index < -0.39 is 10.4 Å². The van der Waals surface area contributed by atoms with Crippen LogP contribution in [-0.2, 0) is 10.4 Å². The van der Waals surface area contributed by atoms with Gasteiger partial charge in [-0.25, -0.2) is 0 Å². The predicted octanol–water partition coefficient (Wildman–Crippen LogP) is 0.802. The lowest BCUT2D eigenvalue weighted by atomic mass is 10.1. The summed E-state index contributed by atoms with van der Waals surface area (Å²) in [6.45, 7) is 3.52. The fraction of sp³-hybridized carbons (Fsp3) is 0.222. The first kappa shape index (κ1) is 12.9. The largest absolute Gasteiger partial charge is 0.446 e. The van der Waals surface area contributed by atoms with Crippen molar-refractivity contribution in [3.63, 3.8) is 0 Å². The third-order valence-corrected chi connectivity index (χ3v) is 4.07. The van der Waals surface area contributed by atoms with Crippen LogP contribution in [-0.4, -0.2) is 18.0 Å². The van der Waals surface area contributed by atoms with Crippen LogP contribution in [0, 0.1) is 13.8 Å². The molecule has 0 aliphatic rings. The summed E-state index contributed by atoms with van der Waals surface area (Å²) in [5.41, 5.74) is 2.10. The summed E-state index contributed by atoms with van der Waals surface area (Å²) >= 11 is 1.35. The number of aryl methyl sites for hydroxylation is 1. The molecule has 1 aromatic carbocycles. The standard InChI is InChI=1S/C9H11N3O4S2/c1-4-5(2)8-6(11-9(12-10)17-8)3-7(4)16-18(13,14)15/h3H,10H2,1-2H3,(H,11,12)(H,13,14,15). The highest BCUT2D eigenvalue weighted by Gasteiger charge is 2.15. The second kappa shape index (κ2) is 4.26. The Hall–Kier alpha value is -1.58. The van der Waals surface area contributed by atoms with Crippen LogP contribution in [0.25, 0.3) is 10.2 Å². The number of rotatable bonds is 2. The van der Waals surface area contributed by atoms with Crippen LogP contribution in [0.15, 0.2) is 11.2 Å². The summed E-state index contributed by atoms with van der Waals surface area (Å²) in [6, 6.07) is 1.48. The first-order valence-electron chi connectivity index (χ1n) is 4.85. The van der Waals surface area contributed by atoms with Gasteiger partial charge in [0.1, 0.15) is 5.75 Å². The van der Waals surface area contributed by atoms with Crippen molar-refractivity contribution in [3.05, 3.63) is 22.0 Å². The third kappa shape index (κ3) is 2.33. The molecule has 0 saturated heterocycles. The molecule has 0 saturated carbocycles. The Morgan fingerprint density at radius 2 is 2.11 bits per heavy atom. The van der Waals surface area contributed by atoms with Gasteiger partial charge in [0, 0.05) is 6.07 Å². The minimum atomic E-state index is -4.54. The van der Waals surface area contributed by atoms with Gasteiger partial charge in [0.15, 0.2) is 0 Å². The van der Waals surface area contributed by atoms with Gasteiger partial charge in [-0.1, -0.05) is 11.3 Å². The van der Waals surface area contributed by atoms with E-state index in [1.54, 1.807) is 6.92 Å². The Labute approximate surface area is 107 Å². The third-order valence-electron chi connectivity index (χ3n) is 2.55. The fourth-order valence-electron chi connectivity index (χ4n) is 1.58. The molecule has 1 aromatic heterocycles. The van der Waals surface area contributed by atoms with Crippen molar-refractivity contribution in [1.29, 1.82) is 0 Å². The van der Waals surface area contributed by atoms with Gasteiger partial charge >= 0.3 is 10.4 Å². The van der Waals surface area contributed by atoms with Crippen molar-refractivity contribution in [3.8, 4) is 5.75 Å². The minimum Gasteiger partial charge on any atom is -0.361 e. The van der Waals surface area contributed by atoms with Crippen LogP contribution in [0.3, 0.4) is 0 Å². The van der Waals surface area contributed by atoms with Crippen molar-refractivity contribution in [2.24, 2.45) is 10.9 Å². The number of aromatic nitrogens is 1. The normalized spacial score (nSPS) is 13.2. The highest BCUT2D eigenvalue weighted by atomic mass is 32.3. The zero-order valence-electron chi connectivity index (χ0n) is 9.59. The topological polar surface area (TPSA) is 118 Å². The maximum absolute atomic E-state index is 10.7. The second-order valence-electron chi connectivity index (χ2n) is 3.67. The molecule has 0 radical (unpaired) electrons. The van der Waals surface area contributed by atoms with E-state index in [4.69, 9.17) is 10.4 Å². The Balaban J connectivity index is 2.74. The molecule has 1 heterocycles. The summed E-state index contributed by atoms with van der Waals surface area (Å²) < 4.78 is 35.6. The first-order valence-corrected chi connectivity index (χ1v) is 7.04. The second-order valence-corrected chi connectivity index (χ2v) is 5.69. The summed E-state index contributed by atoms with van der Waals surface area (Å²) in [6.07, 6.45) is 0. The van der Waals surface area contributed by atoms with Gasteiger partial charge in [0.2, 0.25) is 4.80 Å². The van der Waals surface area contributed by atoms with Crippen LogP contribution < -0.4 is 14.8 Å². The number of hydrogen-bond donors (Lipinski definition) is 3. The fourth-order valence-corrected chi connectivity index (χ4v) is 2.92. The molecule has 0 fully saturated rings. The minimum absolute atomic E-state index is 0.0696. The number of thiazole rings is 1. The van der Waals surface area contributed by atoms with E-state index in [0.29, 0.717) is 15.9 Å². The molecule has 0 spiro atoms. The Kier molecular flexibility index (Phi) is 3.05. The molecular formula is C9H11N3O4S2. The molecule has 0 atom stereocenters. The summed E-state index contributed by atoms with van der Waals surface area (Å²) in [5.74, 6) is 5.25. The Bertz CT molecular complexity index is 773. The lowest BCUT2D eigenvalue weighted by Gasteiger charge is -2.08. The first-order chi connectivity index (χ1) is 8.31. The van der Waals surface area contributed by atoms with E-state index in [1.165, 1.54) is 17.4 Å². The molecule has 2 aromatic rings. The lowest BCUT2D eigenvalue weighted by Crippen LogP contribution is -2.08. The molecule has 0 bridgehead atoms. The smallest absolute Gasteiger partial charge is 0.361 e. The van der Waals surface area contributed by atoms with Crippen molar-refractivity contribution >= 4 is 32.0 Å². The molecular weight excluding hydrogens is 278 g/mol. The molecule has 2 rings (SSSR count). The SMILES string of the molecule is Cc1c(OS(=O)(=O)O)cc2[nH]c(=NN)sc2c1C. The number of aromatic amines is 1. The van der Waals surface area contributed by atoms with Crippen molar-refractivity contribution < 1.29 is 17.2 Å². The van der Waals surface area contributed by atoms with Gasteiger partial charge in [0.25, 0.3) is 0 Å². The van der Waals surface area contributed by atoms with Crippen molar-refractivity contribution in [1.82, 2.24) is 4.98 Å². The number of benzene rings is 1. The van der Waals surface area contributed by atoms with Gasteiger partial charge in [-0.05, 0) is 25.0 Å². The predicted molar refractivity (Wildman–Crippen MR) is 67.6 cm³/mol. The monoisotopic (exact) mass is 289 g/mol. The highest BCUT2D eigenvalue weighted by Crippen LogP contribution is 2.31. The number of H-pyrrole nitrogens is 1. The summed E-state index contributed by atoms with van der Waals surface area (Å²) in [5, 5.41) is 3.54. The van der Waals surface area contributed by atoms with E-state index in [0.717, 1.165) is 10.3 Å². The number of hydrogen-bond acceptors (Lipinski definition) is 6. The van der Waals surface area contributed by atoms with E-state index in [-0.39, 0.29) is 5.75 Å². The average molecular weight is 289 g/mol. The summed E-state index contributed by atoms with van der Waals surface area (Å²) in [7, 11) is -4.54. The molecule has 0 unspecified atom stereocenters. The molecule has 0 amide bonds. The zero-order chi connectivity index (χ0) is 13.5. The van der Waals surface area contributed by atoms with E-state index in [1.807, 2.05) is 6.92 Å². The van der Waals surface area contributed by atoms with E-state index in [9.17, 15) is 8.42 Å². The van der Waals surface area contributed by atoms with Gasteiger partial charge < -0.3 is 15.0 Å². The summed E-state index contributed by atoms with van der Waals surface area (Å²) in [4.78, 5) is 3.42. The number of nitrogens with one attached hydrogen (secondary N) is 1. The van der Waals surface area contributed by atoms with E-state index >= 15 is 0 Å². The molecule has 0 aliphatic carbocycles. The number of nitrogens with two attached hydrogens (primary N) is 1. The van der Waals surface area contributed by atoms with Crippen molar-refractivity contribution in [2.75, 3.05) is 0 Å². The van der Waals surface area contributed by atoms with Crippen LogP contribution in [0.2, 0.25) is 0 Å². The van der Waals surface area contributed by atoms with E-state index in [2.05, 4.69) is 14.3 Å².